The summed E-state index contributed by atoms with van der Waals surface area (Å²) in [5.74, 6) is 0.315. The van der Waals surface area contributed by atoms with Crippen molar-refractivity contribution in [2.24, 2.45) is 0 Å². The van der Waals surface area contributed by atoms with Crippen molar-refractivity contribution in [1.82, 2.24) is 9.97 Å². The third kappa shape index (κ3) is 6.63. The number of nitrogens with one attached hydrogen (secondary N) is 1. The highest BCUT2D eigenvalue weighted by atomic mass is 32.2. The molecule has 0 aliphatic heterocycles. The highest BCUT2D eigenvalue weighted by molar-refractivity contribution is 7.98. The molecule has 28 heavy (non-hydrogen) atoms. The van der Waals surface area contributed by atoms with Gasteiger partial charge in [0.2, 0.25) is 0 Å². The Kier molecular flexibility index (Phi) is 7.56. The van der Waals surface area contributed by atoms with E-state index in [1.165, 1.54) is 12.0 Å². The summed E-state index contributed by atoms with van der Waals surface area (Å²) in [6.07, 6.45) is 5.94. The average Bonchev–Trinajstić information content (AvgIpc) is 3.08. The molecule has 1 heterocycles. The summed E-state index contributed by atoms with van der Waals surface area (Å²) in [5.41, 5.74) is 2.99. The molecule has 0 amide bonds. The molecule has 8 nitrogen and oxygen atoms in total. The van der Waals surface area contributed by atoms with Crippen LogP contribution in [0.5, 0.6) is 0 Å². The van der Waals surface area contributed by atoms with Crippen LogP contribution in [0.25, 0.3) is 23.2 Å². The topological polar surface area (TPSA) is 133 Å². The van der Waals surface area contributed by atoms with Gasteiger partial charge in [-0.3, -0.25) is 0 Å². The maximum absolute atomic E-state index is 11.8. The van der Waals surface area contributed by atoms with Gasteiger partial charge in [0.25, 0.3) is 0 Å². The number of rotatable bonds is 4. The zero-order valence-electron chi connectivity index (χ0n) is 15.1. The molecule has 0 bridgehead atoms. The molecule has 0 saturated heterocycles. The van der Waals surface area contributed by atoms with Gasteiger partial charge in [0.05, 0.1) is 18.2 Å². The number of methoxy groups -OCH3 is 1. The Hall–Kier alpha value is -2.42. The highest BCUT2D eigenvalue weighted by Gasteiger charge is 2.12. The van der Waals surface area contributed by atoms with E-state index in [4.69, 9.17) is 24.0 Å². The maximum atomic E-state index is 11.8. The lowest BCUT2D eigenvalue weighted by Crippen LogP contribution is -2.01. The molecule has 4 N–H and O–H groups in total. The van der Waals surface area contributed by atoms with Crippen LogP contribution in [0.3, 0.4) is 0 Å². The quantitative estimate of drug-likeness (QED) is 0.286. The van der Waals surface area contributed by atoms with E-state index in [0.717, 1.165) is 11.1 Å². The molecule has 0 fully saturated rings. The lowest BCUT2D eigenvalue weighted by atomic mass is 10.2. The SMILES string of the molecule is COC(=O)c1cccc2[nH]c(/C=C/c3ccc(SC)cc3)nc12.O=P(O)(O)O. The van der Waals surface area contributed by atoms with Crippen molar-refractivity contribution in [3.63, 3.8) is 0 Å². The molecule has 0 saturated carbocycles. The summed E-state index contributed by atoms with van der Waals surface area (Å²) in [5, 5.41) is 0. The second-order valence-corrected chi connectivity index (χ2v) is 7.34. The molecule has 0 aliphatic carbocycles. The summed E-state index contributed by atoms with van der Waals surface area (Å²) in [6, 6.07) is 13.7. The number of para-hydroxylation sites is 1. The smallest absolute Gasteiger partial charge is 0.465 e. The molecule has 0 unspecified atom stereocenters. The Morgan fingerprint density at radius 1 is 1.14 bits per heavy atom. The molecular formula is C18H19N2O6PS. The Balaban J connectivity index is 0.000000500. The van der Waals surface area contributed by atoms with E-state index in [1.807, 2.05) is 18.2 Å². The zero-order valence-corrected chi connectivity index (χ0v) is 16.8. The molecule has 0 radical (unpaired) electrons. The normalized spacial score (nSPS) is 11.3. The molecule has 2 aromatic carbocycles. The fraction of sp³-hybridized carbons (Fsp3) is 0.111. The molecule has 10 heteroatoms. The number of phosphoric acid groups is 1. The Labute approximate surface area is 165 Å². The number of carbonyl (C=O) groups is 1. The number of thioether (sulfide) groups is 1. The van der Waals surface area contributed by atoms with Crippen LogP contribution in [-0.2, 0) is 9.30 Å². The number of esters is 1. The molecule has 148 valence electrons. The summed E-state index contributed by atoms with van der Waals surface area (Å²) in [6.45, 7) is 0. The van der Waals surface area contributed by atoms with Crippen LogP contribution in [0, 0.1) is 0 Å². The molecule has 0 atom stereocenters. The van der Waals surface area contributed by atoms with Gasteiger partial charge < -0.3 is 24.4 Å². The Morgan fingerprint density at radius 3 is 2.36 bits per heavy atom. The van der Waals surface area contributed by atoms with Crippen molar-refractivity contribution in [2.75, 3.05) is 13.4 Å². The van der Waals surface area contributed by atoms with Crippen molar-refractivity contribution >= 4 is 48.7 Å². The molecule has 0 aliphatic rings. The largest absolute Gasteiger partial charge is 0.466 e. The number of H-pyrrole nitrogens is 1. The summed E-state index contributed by atoms with van der Waals surface area (Å²) in [7, 11) is -3.27. The number of ether oxygens (including phenoxy) is 1. The number of aromatic nitrogens is 2. The molecule has 3 aromatic rings. The van der Waals surface area contributed by atoms with Gasteiger partial charge in [0.15, 0.2) is 0 Å². The molecule has 3 rings (SSSR count). The summed E-state index contributed by atoms with van der Waals surface area (Å²) in [4.78, 5) is 42.3. The van der Waals surface area contributed by atoms with Crippen molar-refractivity contribution in [3.8, 4) is 0 Å². The van der Waals surface area contributed by atoms with Gasteiger partial charge in [-0.25, -0.2) is 14.3 Å². The van der Waals surface area contributed by atoms with Crippen molar-refractivity contribution in [2.45, 2.75) is 4.90 Å². The highest BCUT2D eigenvalue weighted by Crippen LogP contribution is 2.25. The first-order valence-corrected chi connectivity index (χ1v) is 10.7. The predicted molar refractivity (Wildman–Crippen MR) is 109 cm³/mol. The van der Waals surface area contributed by atoms with Crippen LogP contribution in [0.4, 0.5) is 0 Å². The molecular weight excluding hydrogens is 403 g/mol. The third-order valence-corrected chi connectivity index (χ3v) is 4.23. The molecule has 1 aromatic heterocycles. The van der Waals surface area contributed by atoms with Gasteiger partial charge in [-0.15, -0.1) is 11.8 Å². The van der Waals surface area contributed by atoms with E-state index in [-0.39, 0.29) is 5.97 Å². The average molecular weight is 422 g/mol. The van der Waals surface area contributed by atoms with Crippen molar-refractivity contribution < 1.29 is 28.8 Å². The van der Waals surface area contributed by atoms with E-state index in [2.05, 4.69) is 40.5 Å². The minimum atomic E-state index is -4.64. The van der Waals surface area contributed by atoms with Gasteiger partial charge >= 0.3 is 13.8 Å². The van der Waals surface area contributed by atoms with Gasteiger partial charge in [-0.2, -0.15) is 0 Å². The number of carbonyl (C=O) groups excluding carboxylic acids is 1. The number of benzene rings is 2. The van der Waals surface area contributed by atoms with E-state index in [1.54, 1.807) is 23.9 Å². The van der Waals surface area contributed by atoms with Crippen LogP contribution in [0.15, 0.2) is 47.4 Å². The lowest BCUT2D eigenvalue weighted by Gasteiger charge is -1.98. The standard InChI is InChI=1S/C18H16N2O2S.H3O4P/c1-22-18(21)14-4-3-5-15-17(14)20-16(19-15)11-8-12-6-9-13(23-2)10-7-12;1-5(2,3)4/h3-11H,1-2H3,(H,19,20);(H3,1,2,3,4)/b11-8+;. The second kappa shape index (κ2) is 9.68. The van der Waals surface area contributed by atoms with Gasteiger partial charge in [0.1, 0.15) is 11.3 Å². The first-order chi connectivity index (χ1) is 13.2. The van der Waals surface area contributed by atoms with Gasteiger partial charge in [0, 0.05) is 4.90 Å². The summed E-state index contributed by atoms with van der Waals surface area (Å²) < 4.78 is 13.7. The first kappa shape index (κ1) is 21.9. The van der Waals surface area contributed by atoms with E-state index < -0.39 is 7.82 Å². The monoisotopic (exact) mass is 422 g/mol. The fourth-order valence-electron chi connectivity index (χ4n) is 2.30. The number of hydrogen-bond acceptors (Lipinski definition) is 5. The maximum Gasteiger partial charge on any atom is 0.466 e. The number of hydrogen-bond donors (Lipinski definition) is 4. The van der Waals surface area contributed by atoms with Crippen LogP contribution < -0.4 is 0 Å². The van der Waals surface area contributed by atoms with Gasteiger partial charge in [-0.1, -0.05) is 24.3 Å². The number of imidazole rings is 1. The second-order valence-electron chi connectivity index (χ2n) is 5.44. The van der Waals surface area contributed by atoms with Crippen LogP contribution in [-0.4, -0.2) is 44.0 Å². The zero-order chi connectivity index (χ0) is 20.7. The first-order valence-electron chi connectivity index (χ1n) is 7.88. The fourth-order valence-corrected chi connectivity index (χ4v) is 2.70. The molecule has 0 spiro atoms. The van der Waals surface area contributed by atoms with Gasteiger partial charge in [-0.05, 0) is 42.2 Å². The Bertz CT molecular complexity index is 1020. The lowest BCUT2D eigenvalue weighted by molar-refractivity contribution is 0.0602. The third-order valence-electron chi connectivity index (χ3n) is 3.49. The number of fused-ring (bicyclic) bond motifs is 1. The van der Waals surface area contributed by atoms with E-state index >= 15 is 0 Å². The van der Waals surface area contributed by atoms with Crippen molar-refractivity contribution in [3.05, 3.63) is 59.4 Å². The predicted octanol–water partition coefficient (Wildman–Crippen LogP) is 3.31. The van der Waals surface area contributed by atoms with Crippen LogP contribution in [0.2, 0.25) is 0 Å². The number of nitrogens with zero attached hydrogens (tertiary/aromatic N) is 1. The summed E-state index contributed by atoms with van der Waals surface area (Å²) >= 11 is 1.71. The number of aromatic amines is 1. The van der Waals surface area contributed by atoms with Crippen molar-refractivity contribution in [1.29, 1.82) is 0 Å². The minimum absolute atomic E-state index is 0.384. The van der Waals surface area contributed by atoms with Crippen LogP contribution >= 0.6 is 19.6 Å². The van der Waals surface area contributed by atoms with Crippen LogP contribution in [0.1, 0.15) is 21.7 Å². The Morgan fingerprint density at radius 2 is 1.79 bits per heavy atom. The van der Waals surface area contributed by atoms with E-state index in [0.29, 0.717) is 16.9 Å². The minimum Gasteiger partial charge on any atom is -0.465 e. The van der Waals surface area contributed by atoms with E-state index in [9.17, 15) is 4.79 Å².